The number of hydrogen-bond acceptors (Lipinski definition) is 2. The molecule has 2 heteroatoms. The highest BCUT2D eigenvalue weighted by Gasteiger charge is 1.95. The van der Waals surface area contributed by atoms with Crippen LogP contribution in [0.5, 0.6) is 0 Å². The van der Waals surface area contributed by atoms with E-state index in [2.05, 4.69) is 0 Å². The summed E-state index contributed by atoms with van der Waals surface area (Å²) in [5.41, 5.74) is 0. The summed E-state index contributed by atoms with van der Waals surface area (Å²) in [5.74, 6) is 0. The molecule has 0 saturated heterocycles. The van der Waals surface area contributed by atoms with Crippen LogP contribution in [-0.2, 0) is 0 Å². The van der Waals surface area contributed by atoms with E-state index in [-0.39, 0.29) is 0 Å². The van der Waals surface area contributed by atoms with Crippen molar-refractivity contribution in [2.75, 3.05) is 6.61 Å². The van der Waals surface area contributed by atoms with E-state index in [1.54, 1.807) is 0 Å². The molecule has 133 valence electrons. The molecule has 1 radical (unpaired) electrons. The van der Waals surface area contributed by atoms with Gasteiger partial charge in [0.05, 0.1) is 6.61 Å². The summed E-state index contributed by atoms with van der Waals surface area (Å²) in [6, 6.07) is 0. The van der Waals surface area contributed by atoms with Gasteiger partial charge >= 0.3 is 0 Å². The number of hydrogen-bond donors (Lipinski definition) is 2. The molecule has 0 spiro atoms. The monoisotopic (exact) mass is 313 g/mol. The Morgan fingerprint density at radius 3 is 0.955 bits per heavy atom. The van der Waals surface area contributed by atoms with Gasteiger partial charge in [-0.25, -0.2) is 0 Å². The topological polar surface area (TPSA) is 40.5 Å². The molecule has 2 nitrogen and oxygen atoms in total. The van der Waals surface area contributed by atoms with E-state index in [0.29, 0.717) is 6.61 Å². The maximum atomic E-state index is 8.69. The summed E-state index contributed by atoms with van der Waals surface area (Å²) in [6.45, 7) is 1.65. The van der Waals surface area contributed by atoms with Crippen molar-refractivity contribution in [1.29, 1.82) is 0 Å². The minimum Gasteiger partial charge on any atom is -0.396 e. The molecular weight excluding hydrogens is 272 g/mol. The van der Waals surface area contributed by atoms with E-state index in [9.17, 15) is 0 Å². The molecule has 0 aromatic carbocycles. The van der Waals surface area contributed by atoms with Crippen LogP contribution in [0, 0.1) is 6.61 Å². The molecule has 0 aliphatic rings. The van der Waals surface area contributed by atoms with Gasteiger partial charge in [0.1, 0.15) is 0 Å². The Morgan fingerprint density at radius 2 is 0.682 bits per heavy atom. The second kappa shape index (κ2) is 20.9. The Morgan fingerprint density at radius 1 is 0.409 bits per heavy atom. The molecule has 0 aromatic rings. The Bertz CT molecular complexity index is 163. The standard InChI is InChI=1S/C20H41O2/c21-19-17-15-13-11-9-7-5-3-1-2-4-6-8-10-12-14-16-18-20-22/h19,21-22H,1-18,20H2. The SMILES string of the molecule is O[CH]CCCCCCCCCCCCCCCCCCCO. The number of rotatable bonds is 19. The minimum atomic E-state index is 0.364. The first kappa shape index (κ1) is 21.9. The van der Waals surface area contributed by atoms with Gasteiger partial charge in [-0.2, -0.15) is 0 Å². The van der Waals surface area contributed by atoms with Crippen LogP contribution in [0.1, 0.15) is 116 Å². The van der Waals surface area contributed by atoms with Gasteiger partial charge in [-0.15, -0.1) is 0 Å². The summed E-state index contributed by atoms with van der Waals surface area (Å²) in [4.78, 5) is 0. The molecule has 0 bridgehead atoms. The molecule has 0 heterocycles. The van der Waals surface area contributed by atoms with Gasteiger partial charge in [-0.05, 0) is 12.8 Å². The highest BCUT2D eigenvalue weighted by atomic mass is 16.3. The van der Waals surface area contributed by atoms with Crippen LogP contribution in [0.3, 0.4) is 0 Å². The second-order valence-corrected chi connectivity index (χ2v) is 6.71. The third kappa shape index (κ3) is 19.9. The maximum Gasteiger partial charge on any atom is 0.0799 e. The third-order valence-electron chi connectivity index (χ3n) is 4.49. The Labute approximate surface area is 139 Å². The Kier molecular flexibility index (Phi) is 20.8. The molecule has 22 heavy (non-hydrogen) atoms. The van der Waals surface area contributed by atoms with Crippen molar-refractivity contribution in [3.63, 3.8) is 0 Å². The number of unbranched alkanes of at least 4 members (excludes halogenated alkanes) is 17. The predicted octanol–water partition coefficient (Wildman–Crippen LogP) is 6.53. The summed E-state index contributed by atoms with van der Waals surface area (Å²) >= 11 is 0. The van der Waals surface area contributed by atoms with Gasteiger partial charge in [-0.1, -0.05) is 103 Å². The minimum absolute atomic E-state index is 0.364. The molecule has 0 rings (SSSR count). The van der Waals surface area contributed by atoms with Crippen LogP contribution in [0.4, 0.5) is 0 Å². The van der Waals surface area contributed by atoms with Crippen molar-refractivity contribution >= 4 is 0 Å². The first-order valence-electron chi connectivity index (χ1n) is 9.98. The smallest absolute Gasteiger partial charge is 0.0799 e. The van der Waals surface area contributed by atoms with Crippen molar-refractivity contribution < 1.29 is 10.2 Å². The van der Waals surface area contributed by atoms with Crippen LogP contribution in [0.25, 0.3) is 0 Å². The van der Waals surface area contributed by atoms with Crippen molar-refractivity contribution in [1.82, 2.24) is 0 Å². The quantitative estimate of drug-likeness (QED) is 0.266. The summed E-state index contributed by atoms with van der Waals surface area (Å²) in [7, 11) is 0. The molecule has 0 aliphatic carbocycles. The zero-order valence-corrected chi connectivity index (χ0v) is 14.9. The highest BCUT2D eigenvalue weighted by Crippen LogP contribution is 2.14. The van der Waals surface area contributed by atoms with Gasteiger partial charge in [0.25, 0.3) is 0 Å². The lowest BCUT2D eigenvalue weighted by Crippen LogP contribution is -1.85. The summed E-state index contributed by atoms with van der Waals surface area (Å²) < 4.78 is 0. The van der Waals surface area contributed by atoms with E-state index >= 15 is 0 Å². The second-order valence-electron chi connectivity index (χ2n) is 6.71. The zero-order chi connectivity index (χ0) is 16.1. The lowest BCUT2D eigenvalue weighted by molar-refractivity contribution is 0.282. The predicted molar refractivity (Wildman–Crippen MR) is 96.4 cm³/mol. The molecule has 0 saturated carbocycles. The summed E-state index contributed by atoms with van der Waals surface area (Å²) in [6.07, 6.45) is 23.6. The van der Waals surface area contributed by atoms with Crippen molar-refractivity contribution in [3.8, 4) is 0 Å². The molecule has 0 aliphatic heterocycles. The molecule has 0 fully saturated rings. The average molecular weight is 314 g/mol. The van der Waals surface area contributed by atoms with E-state index in [4.69, 9.17) is 10.2 Å². The Hall–Kier alpha value is -0.0800. The lowest BCUT2D eigenvalue weighted by Gasteiger charge is -2.03. The fourth-order valence-corrected chi connectivity index (χ4v) is 3.00. The fraction of sp³-hybridized carbons (Fsp3) is 0.950. The first-order valence-corrected chi connectivity index (χ1v) is 9.98. The van der Waals surface area contributed by atoms with Crippen LogP contribution >= 0.6 is 0 Å². The molecular formula is C20H41O2. The van der Waals surface area contributed by atoms with E-state index in [0.717, 1.165) is 19.3 Å². The number of aliphatic hydroxyl groups excluding tert-OH is 2. The molecule has 0 unspecified atom stereocenters. The van der Waals surface area contributed by atoms with Crippen LogP contribution in [0.15, 0.2) is 0 Å². The summed E-state index contributed by atoms with van der Waals surface area (Å²) in [5, 5.41) is 17.3. The van der Waals surface area contributed by atoms with Gasteiger partial charge < -0.3 is 10.2 Å². The van der Waals surface area contributed by atoms with E-state index in [1.165, 1.54) is 103 Å². The van der Waals surface area contributed by atoms with E-state index < -0.39 is 0 Å². The van der Waals surface area contributed by atoms with Crippen molar-refractivity contribution in [2.45, 2.75) is 116 Å². The van der Waals surface area contributed by atoms with Crippen LogP contribution in [-0.4, -0.2) is 16.8 Å². The van der Waals surface area contributed by atoms with Crippen LogP contribution in [0.2, 0.25) is 0 Å². The number of aliphatic hydroxyl groups is 2. The van der Waals surface area contributed by atoms with Gasteiger partial charge in [0.2, 0.25) is 0 Å². The largest absolute Gasteiger partial charge is 0.396 e. The van der Waals surface area contributed by atoms with Gasteiger partial charge in [0, 0.05) is 6.61 Å². The highest BCUT2D eigenvalue weighted by molar-refractivity contribution is 4.51. The van der Waals surface area contributed by atoms with Crippen molar-refractivity contribution in [3.05, 3.63) is 6.61 Å². The Balaban J connectivity index is 2.91. The normalized spacial score (nSPS) is 11.2. The van der Waals surface area contributed by atoms with Crippen molar-refractivity contribution in [2.24, 2.45) is 0 Å². The van der Waals surface area contributed by atoms with Gasteiger partial charge in [0.15, 0.2) is 0 Å². The fourth-order valence-electron chi connectivity index (χ4n) is 3.00. The molecule has 2 N–H and O–H groups in total. The van der Waals surface area contributed by atoms with Gasteiger partial charge in [-0.3, -0.25) is 0 Å². The third-order valence-corrected chi connectivity index (χ3v) is 4.49. The molecule has 0 aromatic heterocycles. The molecule has 0 atom stereocenters. The lowest BCUT2D eigenvalue weighted by atomic mass is 10.0. The zero-order valence-electron chi connectivity index (χ0n) is 14.9. The first-order chi connectivity index (χ1) is 10.9. The van der Waals surface area contributed by atoms with E-state index in [1.807, 2.05) is 0 Å². The maximum absolute atomic E-state index is 8.69. The molecule has 0 amide bonds. The van der Waals surface area contributed by atoms with Crippen LogP contribution < -0.4 is 0 Å². The average Bonchev–Trinajstić information content (AvgIpc) is 2.54.